The molecule has 5 aromatic rings. The average Bonchev–Trinajstić information content (AvgIpc) is 3.78. The Balaban J connectivity index is 1.00. The first-order chi connectivity index (χ1) is 22.0. The number of fused-ring (bicyclic) bond motifs is 1. The first kappa shape index (κ1) is 33.2. The highest BCUT2D eigenvalue weighted by Crippen LogP contribution is 2.28. The van der Waals surface area contributed by atoms with Crippen molar-refractivity contribution in [3.8, 4) is 11.5 Å². The number of aromatic nitrogens is 7. The van der Waals surface area contributed by atoms with E-state index in [0.29, 0.717) is 40.4 Å². The van der Waals surface area contributed by atoms with Crippen LogP contribution in [0.1, 0.15) is 23.4 Å². The van der Waals surface area contributed by atoms with Crippen LogP contribution in [-0.4, -0.2) is 70.0 Å². The standard InChI is InChI=1S/C29H31IN8O4S3/c30-8-2-4-21-13-37(35-33-21)9-10-41-24-5-1-3-20(11-24)18-44-19-23(16-39)31-28(40)15-38-14-22(34-36-38)17-42-25-6-7-26-27(12-25)45-29(43)32-26/h1,3,5-7,11-14,16,23H,2,4,8-10,15,17-19H2,(H,31,40)(H,32,43)/t23-/m0/s1. The minimum atomic E-state index is -0.628. The molecule has 2 aromatic carbocycles. The number of halogens is 1. The number of ether oxygens (including phenoxy) is 2. The fourth-order valence-electron chi connectivity index (χ4n) is 4.23. The van der Waals surface area contributed by atoms with Gasteiger partial charge in [-0.25, -0.2) is 14.3 Å². The first-order valence-electron chi connectivity index (χ1n) is 14.1. The highest BCUT2D eigenvalue weighted by atomic mass is 127. The van der Waals surface area contributed by atoms with Crippen LogP contribution in [0, 0.1) is 0 Å². The van der Waals surface area contributed by atoms with Crippen LogP contribution in [0.5, 0.6) is 11.5 Å². The predicted molar refractivity (Wildman–Crippen MR) is 185 cm³/mol. The highest BCUT2D eigenvalue weighted by Gasteiger charge is 2.14. The Bertz CT molecular complexity index is 1710. The Morgan fingerprint density at radius 3 is 2.78 bits per heavy atom. The maximum absolute atomic E-state index is 12.6. The zero-order valence-corrected chi connectivity index (χ0v) is 28.8. The summed E-state index contributed by atoms with van der Waals surface area (Å²) in [6, 6.07) is 12.8. The number of carbonyl (C=O) groups excluding carboxylic acids is 2. The summed E-state index contributed by atoms with van der Waals surface area (Å²) in [5, 5.41) is 19.2. The van der Waals surface area contributed by atoms with Gasteiger partial charge in [0.15, 0.2) is 0 Å². The zero-order valence-electron chi connectivity index (χ0n) is 24.1. The zero-order chi connectivity index (χ0) is 31.4. The Hall–Kier alpha value is -3.22. The van der Waals surface area contributed by atoms with E-state index in [-0.39, 0.29) is 19.1 Å². The predicted octanol–water partition coefficient (Wildman–Crippen LogP) is 4.41. The minimum Gasteiger partial charge on any atom is -0.492 e. The van der Waals surface area contributed by atoms with E-state index in [1.165, 1.54) is 16.0 Å². The second-order valence-electron chi connectivity index (χ2n) is 9.91. The number of hydrogen-bond acceptors (Lipinski definition) is 12. The number of thiol groups is 1. The summed E-state index contributed by atoms with van der Waals surface area (Å²) in [4.78, 5) is 28.6. The fraction of sp³-hybridized carbons (Fsp3) is 0.345. The van der Waals surface area contributed by atoms with Crippen molar-refractivity contribution >= 4 is 80.7 Å². The van der Waals surface area contributed by atoms with Crippen LogP contribution in [0.3, 0.4) is 0 Å². The summed E-state index contributed by atoms with van der Waals surface area (Å²) in [5.74, 6) is 2.21. The molecule has 12 nitrogen and oxygen atoms in total. The molecule has 0 unspecified atom stereocenters. The van der Waals surface area contributed by atoms with E-state index >= 15 is 0 Å². The van der Waals surface area contributed by atoms with Gasteiger partial charge >= 0.3 is 0 Å². The van der Waals surface area contributed by atoms with Crippen LogP contribution < -0.4 is 14.8 Å². The number of nitrogens with zero attached hydrogens (tertiary/aromatic N) is 7. The molecule has 5 rings (SSSR count). The molecule has 45 heavy (non-hydrogen) atoms. The first-order valence-corrected chi connectivity index (χ1v) is 18.0. The highest BCUT2D eigenvalue weighted by molar-refractivity contribution is 14.1. The molecule has 0 saturated carbocycles. The number of benzene rings is 2. The molecular weight excluding hydrogens is 747 g/mol. The van der Waals surface area contributed by atoms with Crippen molar-refractivity contribution in [3.05, 3.63) is 71.8 Å². The molecule has 0 bridgehead atoms. The number of hydrogen-bond donors (Lipinski definition) is 2. The lowest BCUT2D eigenvalue weighted by Crippen LogP contribution is -2.39. The normalized spacial score (nSPS) is 11.9. The maximum atomic E-state index is 12.6. The topological polar surface area (TPSA) is 139 Å². The number of amides is 1. The van der Waals surface area contributed by atoms with Gasteiger partial charge in [-0.3, -0.25) is 4.79 Å². The molecule has 0 radical (unpaired) electrons. The van der Waals surface area contributed by atoms with E-state index in [2.05, 4.69) is 66.1 Å². The molecule has 0 fully saturated rings. The molecule has 3 heterocycles. The van der Waals surface area contributed by atoms with Crippen LogP contribution in [0.2, 0.25) is 0 Å². The molecular formula is C29H31IN8O4S3. The second-order valence-corrected chi connectivity index (χ2v) is 13.8. The van der Waals surface area contributed by atoms with Gasteiger partial charge in [0.1, 0.15) is 47.6 Å². The van der Waals surface area contributed by atoms with E-state index < -0.39 is 6.04 Å². The van der Waals surface area contributed by atoms with Crippen LogP contribution in [0.4, 0.5) is 0 Å². The third-order valence-electron chi connectivity index (χ3n) is 6.34. The van der Waals surface area contributed by atoms with E-state index in [0.717, 1.165) is 50.8 Å². The minimum absolute atomic E-state index is 0.0622. The summed E-state index contributed by atoms with van der Waals surface area (Å²) >= 11 is 9.68. The third-order valence-corrected chi connectivity index (χ3v) is 9.43. The Labute approximate surface area is 287 Å². The van der Waals surface area contributed by atoms with Crippen molar-refractivity contribution in [1.82, 2.24) is 40.3 Å². The van der Waals surface area contributed by atoms with Gasteiger partial charge in [-0.2, -0.15) is 11.8 Å². The number of aldehydes is 1. The molecule has 0 aliphatic rings. The maximum Gasteiger partial charge on any atom is 0.242 e. The van der Waals surface area contributed by atoms with Gasteiger partial charge in [0, 0.05) is 17.7 Å². The van der Waals surface area contributed by atoms with Crippen molar-refractivity contribution in [2.45, 2.75) is 48.7 Å². The molecule has 3 aromatic heterocycles. The van der Waals surface area contributed by atoms with Gasteiger partial charge in [-0.1, -0.05) is 45.2 Å². The van der Waals surface area contributed by atoms with Gasteiger partial charge < -0.3 is 19.6 Å². The molecule has 0 saturated heterocycles. The van der Waals surface area contributed by atoms with Crippen molar-refractivity contribution in [3.63, 3.8) is 0 Å². The Morgan fingerprint density at radius 2 is 1.91 bits per heavy atom. The Morgan fingerprint density at radius 1 is 1.09 bits per heavy atom. The van der Waals surface area contributed by atoms with E-state index in [1.54, 1.807) is 22.6 Å². The number of thiazole rings is 1. The Kier molecular flexibility index (Phi) is 12.5. The van der Waals surface area contributed by atoms with E-state index in [9.17, 15) is 9.59 Å². The molecule has 16 heteroatoms. The lowest BCUT2D eigenvalue weighted by Gasteiger charge is -2.13. The van der Waals surface area contributed by atoms with Crippen LogP contribution in [0.15, 0.2) is 59.2 Å². The van der Waals surface area contributed by atoms with E-state index in [4.69, 9.17) is 9.47 Å². The number of aryl methyl sites for hydroxylation is 1. The molecule has 0 spiro atoms. The van der Waals surface area contributed by atoms with Gasteiger partial charge in [0.05, 0.1) is 34.7 Å². The van der Waals surface area contributed by atoms with Crippen LogP contribution in [-0.2, 0) is 41.5 Å². The summed E-state index contributed by atoms with van der Waals surface area (Å²) in [6.45, 7) is 1.23. The fourth-order valence-corrected chi connectivity index (χ4v) is 6.70. The smallest absolute Gasteiger partial charge is 0.242 e. The van der Waals surface area contributed by atoms with Gasteiger partial charge in [-0.15, -0.1) is 34.2 Å². The monoisotopic (exact) mass is 778 g/mol. The van der Waals surface area contributed by atoms with Crippen molar-refractivity contribution in [2.75, 3.05) is 16.8 Å². The number of rotatable bonds is 18. The molecule has 0 aliphatic carbocycles. The average molecular weight is 779 g/mol. The molecule has 0 aliphatic heterocycles. The van der Waals surface area contributed by atoms with Crippen molar-refractivity contribution < 1.29 is 19.1 Å². The largest absolute Gasteiger partial charge is 0.492 e. The quantitative estimate of drug-likeness (QED) is 0.0570. The number of carbonyl (C=O) groups is 2. The van der Waals surface area contributed by atoms with Crippen molar-refractivity contribution in [1.29, 1.82) is 0 Å². The number of nitrogens with one attached hydrogen (secondary N) is 1. The summed E-state index contributed by atoms with van der Waals surface area (Å²) < 4.78 is 17.7. The summed E-state index contributed by atoms with van der Waals surface area (Å²) in [6.07, 6.45) is 6.38. The third kappa shape index (κ3) is 10.4. The SMILES string of the molecule is O=C[C@@H](CSCc1cccc(OCCn2cc(CCCI)nn2)c1)NC(=O)Cn1cc(COc2ccc3nc(S)sc3c2)nn1. The van der Waals surface area contributed by atoms with Gasteiger partial charge in [0.25, 0.3) is 0 Å². The second kappa shape index (κ2) is 16.9. The van der Waals surface area contributed by atoms with E-state index in [1.807, 2.05) is 48.7 Å². The lowest BCUT2D eigenvalue weighted by atomic mass is 10.2. The van der Waals surface area contributed by atoms with Crippen molar-refractivity contribution in [2.24, 2.45) is 0 Å². The number of thioether (sulfide) groups is 1. The van der Waals surface area contributed by atoms with Crippen LogP contribution in [0.25, 0.3) is 10.2 Å². The number of alkyl halides is 1. The van der Waals surface area contributed by atoms with Crippen LogP contribution >= 0.6 is 58.3 Å². The van der Waals surface area contributed by atoms with Gasteiger partial charge in [0.2, 0.25) is 5.91 Å². The molecule has 1 N–H and O–H groups in total. The molecule has 1 amide bonds. The molecule has 1 atom stereocenters. The summed E-state index contributed by atoms with van der Waals surface area (Å²) in [7, 11) is 0. The van der Waals surface area contributed by atoms with Gasteiger partial charge in [-0.05, 0) is 53.2 Å². The molecule has 236 valence electrons. The summed E-state index contributed by atoms with van der Waals surface area (Å²) in [5.41, 5.74) is 3.50. The lowest BCUT2D eigenvalue weighted by molar-refractivity contribution is -0.124.